The number of benzene rings is 10. The van der Waals surface area contributed by atoms with Crippen LogP contribution in [0.1, 0.15) is 0 Å². The molecule has 1 heterocycles. The van der Waals surface area contributed by atoms with Crippen LogP contribution in [0, 0.1) is 0 Å². The van der Waals surface area contributed by atoms with Gasteiger partial charge in [-0.25, -0.2) is 0 Å². The van der Waals surface area contributed by atoms with E-state index < -0.39 is 0 Å². The lowest BCUT2D eigenvalue weighted by molar-refractivity contribution is 0.669. The van der Waals surface area contributed by atoms with Gasteiger partial charge in [0.2, 0.25) is 0 Å². The Morgan fingerprint density at radius 3 is 1.48 bits per heavy atom. The minimum atomic E-state index is 0.878. The number of hydrogen-bond acceptors (Lipinski definition) is 2. The summed E-state index contributed by atoms with van der Waals surface area (Å²) in [6, 6.07) is 80.8. The highest BCUT2D eigenvalue weighted by atomic mass is 16.3. The van der Waals surface area contributed by atoms with Crippen molar-refractivity contribution in [2.75, 3.05) is 4.90 Å². The van der Waals surface area contributed by atoms with Crippen molar-refractivity contribution in [2.24, 2.45) is 0 Å². The van der Waals surface area contributed by atoms with Crippen molar-refractivity contribution in [1.29, 1.82) is 0 Å². The molecule has 0 atom stereocenters. The molecule has 0 fully saturated rings. The molecule has 11 rings (SSSR count). The molecule has 2 nitrogen and oxygen atoms in total. The summed E-state index contributed by atoms with van der Waals surface area (Å²) in [7, 11) is 0. The number of hydrogen-bond donors (Lipinski definition) is 0. The summed E-state index contributed by atoms with van der Waals surface area (Å²) in [5.74, 6) is 0. The largest absolute Gasteiger partial charge is 0.456 e. The van der Waals surface area contributed by atoms with Gasteiger partial charge in [0.25, 0.3) is 0 Å². The van der Waals surface area contributed by atoms with E-state index in [9.17, 15) is 0 Å². The van der Waals surface area contributed by atoms with Crippen LogP contribution in [0.2, 0.25) is 0 Å². The van der Waals surface area contributed by atoms with Gasteiger partial charge in [-0.1, -0.05) is 170 Å². The van der Waals surface area contributed by atoms with Gasteiger partial charge in [-0.3, -0.25) is 0 Å². The van der Waals surface area contributed by atoms with Crippen molar-refractivity contribution >= 4 is 60.5 Å². The summed E-state index contributed by atoms with van der Waals surface area (Å²) in [4.78, 5) is 2.42. The average Bonchev–Trinajstić information content (AvgIpc) is 3.68. The van der Waals surface area contributed by atoms with Crippen LogP contribution in [-0.4, -0.2) is 0 Å². The van der Waals surface area contributed by atoms with Crippen molar-refractivity contribution in [3.8, 4) is 44.5 Å². The quantitative estimate of drug-likeness (QED) is 0.151. The first-order valence-electron chi connectivity index (χ1n) is 19.8. The number of anilines is 3. The molecule has 272 valence electrons. The Kier molecular flexibility index (Phi) is 8.19. The molecule has 0 radical (unpaired) electrons. The first-order chi connectivity index (χ1) is 28.8. The monoisotopic (exact) mass is 739 g/mol. The molecule has 58 heavy (non-hydrogen) atoms. The van der Waals surface area contributed by atoms with E-state index in [1.807, 2.05) is 12.1 Å². The Bertz CT molecular complexity index is 3170. The second-order valence-electron chi connectivity index (χ2n) is 14.9. The van der Waals surface area contributed by atoms with E-state index in [0.717, 1.165) is 55.7 Å². The summed E-state index contributed by atoms with van der Waals surface area (Å²) in [6.45, 7) is 0. The van der Waals surface area contributed by atoms with E-state index in [1.165, 1.54) is 49.4 Å². The normalized spacial score (nSPS) is 11.4. The Balaban J connectivity index is 1.19. The maximum atomic E-state index is 6.49. The lowest BCUT2D eigenvalue weighted by Gasteiger charge is -2.30. The Hall–Kier alpha value is -7.68. The minimum absolute atomic E-state index is 0.878. The van der Waals surface area contributed by atoms with Crippen molar-refractivity contribution in [3.05, 3.63) is 224 Å². The molecule has 0 bridgehead atoms. The highest BCUT2D eigenvalue weighted by Gasteiger charge is 2.23. The molecular formula is C56H37NO. The molecular weight excluding hydrogens is 703 g/mol. The number of fused-ring (bicyclic) bond motifs is 6. The fraction of sp³-hybridized carbons (Fsp3) is 0. The third kappa shape index (κ3) is 5.82. The van der Waals surface area contributed by atoms with Gasteiger partial charge < -0.3 is 9.32 Å². The van der Waals surface area contributed by atoms with E-state index in [1.54, 1.807) is 0 Å². The predicted octanol–water partition coefficient (Wildman–Crippen LogP) is 16.0. The topological polar surface area (TPSA) is 16.4 Å². The number of para-hydroxylation sites is 1. The van der Waals surface area contributed by atoms with Crippen LogP contribution in [-0.2, 0) is 0 Å². The van der Waals surface area contributed by atoms with Crippen LogP contribution in [0.3, 0.4) is 0 Å². The number of furan rings is 1. The van der Waals surface area contributed by atoms with Crippen LogP contribution in [0.5, 0.6) is 0 Å². The summed E-state index contributed by atoms with van der Waals surface area (Å²) in [5, 5.41) is 7.13. The first kappa shape index (κ1) is 33.6. The molecule has 0 saturated heterocycles. The van der Waals surface area contributed by atoms with Gasteiger partial charge in [-0.15, -0.1) is 0 Å². The molecule has 0 aliphatic heterocycles. The molecule has 0 N–H and O–H groups in total. The Morgan fingerprint density at radius 1 is 0.293 bits per heavy atom. The molecule has 1 aromatic heterocycles. The third-order valence-electron chi connectivity index (χ3n) is 11.5. The zero-order chi connectivity index (χ0) is 38.4. The van der Waals surface area contributed by atoms with Crippen molar-refractivity contribution in [1.82, 2.24) is 0 Å². The third-order valence-corrected chi connectivity index (χ3v) is 11.5. The van der Waals surface area contributed by atoms with Crippen LogP contribution < -0.4 is 4.90 Å². The molecule has 0 saturated carbocycles. The van der Waals surface area contributed by atoms with Crippen LogP contribution >= 0.6 is 0 Å². The van der Waals surface area contributed by atoms with Crippen molar-refractivity contribution in [3.63, 3.8) is 0 Å². The SMILES string of the molecule is c1ccc(-c2ccc(N(c3ccc(-c4ccccc4)cc3)c3cccc(-c4ccc5c(c4)oc4ccccc45)c3-c3cc4ccccc4c4ccccc34)cc2)cc1. The number of rotatable bonds is 7. The standard InChI is InChI=1S/C56H37NO/c1-3-14-38(15-4-1)40-26-31-44(32-27-40)57(45-33-28-41(29-34-45)39-16-5-2-6-17-39)53-24-13-23-47(43-30-35-51-50-22-11-12-25-54(50)58-55(51)37-43)56(53)52-36-42-18-7-8-19-46(42)48-20-9-10-21-49(48)52/h1-37H. The van der Waals surface area contributed by atoms with Gasteiger partial charge in [0.15, 0.2) is 0 Å². The fourth-order valence-electron chi connectivity index (χ4n) is 8.70. The zero-order valence-corrected chi connectivity index (χ0v) is 31.7. The van der Waals surface area contributed by atoms with Crippen molar-refractivity contribution in [2.45, 2.75) is 0 Å². The molecule has 0 spiro atoms. The molecule has 0 unspecified atom stereocenters. The first-order valence-corrected chi connectivity index (χ1v) is 19.8. The van der Waals surface area contributed by atoms with Gasteiger partial charge in [0.1, 0.15) is 11.2 Å². The van der Waals surface area contributed by atoms with E-state index in [-0.39, 0.29) is 0 Å². The summed E-state index contributed by atoms with van der Waals surface area (Å²) in [6.07, 6.45) is 0. The van der Waals surface area contributed by atoms with Gasteiger partial charge in [-0.05, 0) is 115 Å². The molecule has 11 aromatic rings. The van der Waals surface area contributed by atoms with Crippen LogP contribution in [0.4, 0.5) is 17.1 Å². The van der Waals surface area contributed by atoms with Crippen molar-refractivity contribution < 1.29 is 4.42 Å². The summed E-state index contributed by atoms with van der Waals surface area (Å²) >= 11 is 0. The second kappa shape index (κ2) is 14.1. The van der Waals surface area contributed by atoms with Gasteiger partial charge >= 0.3 is 0 Å². The Morgan fingerprint density at radius 2 is 0.810 bits per heavy atom. The maximum Gasteiger partial charge on any atom is 0.136 e. The zero-order valence-electron chi connectivity index (χ0n) is 31.7. The average molecular weight is 740 g/mol. The van der Waals surface area contributed by atoms with Gasteiger partial charge in [0.05, 0.1) is 5.69 Å². The van der Waals surface area contributed by atoms with Crippen LogP contribution in [0.15, 0.2) is 229 Å². The highest BCUT2D eigenvalue weighted by molar-refractivity contribution is 6.17. The second-order valence-corrected chi connectivity index (χ2v) is 14.9. The molecule has 0 aliphatic rings. The summed E-state index contributed by atoms with van der Waals surface area (Å²) in [5.41, 5.74) is 14.3. The Labute approximate surface area is 337 Å². The molecule has 0 aliphatic carbocycles. The van der Waals surface area contributed by atoms with E-state index in [0.29, 0.717) is 0 Å². The lowest BCUT2D eigenvalue weighted by Crippen LogP contribution is -2.12. The molecule has 10 aromatic carbocycles. The lowest BCUT2D eigenvalue weighted by atomic mass is 9.87. The summed E-state index contributed by atoms with van der Waals surface area (Å²) < 4.78 is 6.49. The molecule has 2 heteroatoms. The highest BCUT2D eigenvalue weighted by Crippen LogP contribution is 2.49. The minimum Gasteiger partial charge on any atom is -0.456 e. The van der Waals surface area contributed by atoms with E-state index in [2.05, 4.69) is 217 Å². The van der Waals surface area contributed by atoms with Crippen LogP contribution in [0.25, 0.3) is 88.0 Å². The smallest absolute Gasteiger partial charge is 0.136 e. The van der Waals surface area contributed by atoms with E-state index >= 15 is 0 Å². The van der Waals surface area contributed by atoms with Gasteiger partial charge in [-0.2, -0.15) is 0 Å². The predicted molar refractivity (Wildman–Crippen MR) is 245 cm³/mol. The number of nitrogens with zero attached hydrogens (tertiary/aromatic N) is 1. The molecule has 0 amide bonds. The van der Waals surface area contributed by atoms with E-state index in [4.69, 9.17) is 4.42 Å². The van der Waals surface area contributed by atoms with Gasteiger partial charge in [0, 0.05) is 27.7 Å². The maximum absolute atomic E-state index is 6.49. The fourth-order valence-corrected chi connectivity index (χ4v) is 8.70.